The topological polar surface area (TPSA) is 29.1 Å². The van der Waals surface area contributed by atoms with Crippen molar-refractivity contribution < 1.29 is 4.79 Å². The molecule has 1 amide bonds. The Balaban J connectivity index is 1.99. The summed E-state index contributed by atoms with van der Waals surface area (Å²) in [7, 11) is -2.36. The minimum Gasteiger partial charge on any atom is -0.292 e. The molecule has 0 aliphatic heterocycles. The molecule has 4 heteroatoms. The molecule has 164 valence electrons. The van der Waals surface area contributed by atoms with Gasteiger partial charge in [-0.3, -0.25) is 10.1 Å². The zero-order valence-electron chi connectivity index (χ0n) is 18.6. The number of nitrogens with one attached hydrogen (secondary N) is 1. The molecular weight excluding hydrogens is 441 g/mol. The lowest BCUT2D eigenvalue weighted by Crippen LogP contribution is -2.38. The molecule has 4 aromatic carbocycles. The third kappa shape index (κ3) is 4.95. The van der Waals surface area contributed by atoms with E-state index in [0.29, 0.717) is 5.56 Å². The van der Waals surface area contributed by atoms with Crippen molar-refractivity contribution in [1.82, 2.24) is 5.32 Å². The summed E-state index contributed by atoms with van der Waals surface area (Å²) in [4.78, 5) is 13.4. The van der Waals surface area contributed by atoms with Crippen LogP contribution in [0.5, 0.6) is 0 Å². The molecule has 0 fully saturated rings. The van der Waals surface area contributed by atoms with Crippen molar-refractivity contribution in [3.63, 3.8) is 0 Å². The molecule has 0 spiro atoms. The average Bonchev–Trinajstić information content (AvgIpc) is 2.90. The van der Waals surface area contributed by atoms with Gasteiger partial charge >= 0.3 is 0 Å². The molecule has 0 aliphatic carbocycles. The molecule has 0 atom stereocenters. The van der Waals surface area contributed by atoms with Crippen LogP contribution in [0.4, 0.5) is 0 Å². The summed E-state index contributed by atoms with van der Waals surface area (Å²) in [5.41, 5.74) is 1.60. The molecule has 0 unspecified atom stereocenters. The van der Waals surface area contributed by atoms with Crippen LogP contribution in [0.25, 0.3) is 0 Å². The normalized spacial score (nSPS) is 11.7. The second kappa shape index (κ2) is 11.1. The number of hydrogen-bond donors (Lipinski definition) is 1. The number of benzene rings is 4. The van der Waals surface area contributed by atoms with Crippen LogP contribution in [0.3, 0.4) is 0 Å². The van der Waals surface area contributed by atoms with Gasteiger partial charge in [-0.1, -0.05) is 79.7 Å². The van der Waals surface area contributed by atoms with E-state index in [1.807, 2.05) is 48.5 Å². The van der Waals surface area contributed by atoms with Crippen molar-refractivity contribution in [2.24, 2.45) is 0 Å². The van der Waals surface area contributed by atoms with E-state index in [1.54, 1.807) is 11.8 Å². The molecule has 0 aliphatic rings. The standard InChI is InChI=1S/C29H26NOPS/c1-2-33-23-28(30-29(31)24-15-7-3-8-16-24)32(25-17-9-4-10-18-25,26-19-11-5-12-20-26)27-21-13-6-14-22-27/h3-23H,2H2,1H3/p+1/b28-23-. The molecule has 2 nitrogen and oxygen atoms in total. The number of hydrogen-bond acceptors (Lipinski definition) is 2. The predicted molar refractivity (Wildman–Crippen MR) is 145 cm³/mol. The van der Waals surface area contributed by atoms with Gasteiger partial charge in [-0.2, -0.15) is 0 Å². The number of rotatable bonds is 8. The molecule has 33 heavy (non-hydrogen) atoms. The van der Waals surface area contributed by atoms with E-state index in [9.17, 15) is 4.79 Å². The fourth-order valence-electron chi connectivity index (χ4n) is 3.95. The number of amides is 1. The van der Waals surface area contributed by atoms with E-state index in [0.717, 1.165) is 11.2 Å². The first-order chi connectivity index (χ1) is 16.3. The maximum atomic E-state index is 13.4. The van der Waals surface area contributed by atoms with Crippen molar-refractivity contribution >= 4 is 40.8 Å². The van der Waals surface area contributed by atoms with Crippen molar-refractivity contribution in [3.05, 3.63) is 138 Å². The smallest absolute Gasteiger partial charge is 0.258 e. The average molecular weight is 469 g/mol. The Labute approximate surface area is 201 Å². The van der Waals surface area contributed by atoms with Gasteiger partial charge < -0.3 is 0 Å². The molecule has 0 saturated carbocycles. The predicted octanol–water partition coefficient (Wildman–Crippen LogP) is 5.96. The van der Waals surface area contributed by atoms with Gasteiger partial charge in [-0.15, -0.1) is 11.8 Å². The maximum absolute atomic E-state index is 13.4. The van der Waals surface area contributed by atoms with Crippen LogP contribution in [0.1, 0.15) is 17.3 Å². The lowest BCUT2D eigenvalue weighted by Gasteiger charge is -2.29. The summed E-state index contributed by atoms with van der Waals surface area (Å²) in [5.74, 6) is 0.828. The van der Waals surface area contributed by atoms with Crippen LogP contribution >= 0.6 is 19.0 Å². The largest absolute Gasteiger partial charge is 0.292 e. The number of carbonyl (C=O) groups is 1. The summed E-state index contributed by atoms with van der Waals surface area (Å²) in [6.07, 6.45) is 0. The van der Waals surface area contributed by atoms with Crippen molar-refractivity contribution in [3.8, 4) is 0 Å². The Kier molecular flexibility index (Phi) is 7.78. The van der Waals surface area contributed by atoms with Crippen molar-refractivity contribution in [2.45, 2.75) is 6.92 Å². The molecule has 4 aromatic rings. The zero-order valence-corrected chi connectivity index (χ0v) is 20.3. The summed E-state index contributed by atoms with van der Waals surface area (Å²) < 4.78 is 0. The van der Waals surface area contributed by atoms with Crippen molar-refractivity contribution in [2.75, 3.05) is 5.75 Å². The van der Waals surface area contributed by atoms with E-state index in [4.69, 9.17) is 0 Å². The Morgan fingerprint density at radius 2 is 1.09 bits per heavy atom. The lowest BCUT2D eigenvalue weighted by molar-refractivity contribution is 0.0968. The van der Waals surface area contributed by atoms with E-state index < -0.39 is 7.26 Å². The molecule has 0 aromatic heterocycles. The van der Waals surface area contributed by atoms with Gasteiger partial charge in [0.1, 0.15) is 15.9 Å². The zero-order chi connectivity index (χ0) is 22.9. The third-order valence-corrected chi connectivity index (χ3v) is 10.5. The first kappa shape index (κ1) is 23.0. The molecular formula is C29H27NOPS+. The van der Waals surface area contributed by atoms with Crippen LogP contribution in [0.15, 0.2) is 132 Å². The van der Waals surface area contributed by atoms with Crippen molar-refractivity contribution in [1.29, 1.82) is 0 Å². The molecule has 4 rings (SSSR count). The summed E-state index contributed by atoms with van der Waals surface area (Å²) in [5, 5.41) is 9.13. The van der Waals surface area contributed by atoms with E-state index >= 15 is 0 Å². The Bertz CT molecular complexity index is 1100. The van der Waals surface area contributed by atoms with E-state index in [1.165, 1.54) is 15.9 Å². The molecule has 0 heterocycles. The van der Waals surface area contributed by atoms with Gasteiger partial charge in [0.25, 0.3) is 5.91 Å². The highest BCUT2D eigenvalue weighted by Gasteiger charge is 2.50. The van der Waals surface area contributed by atoms with E-state index in [2.05, 4.69) is 90.4 Å². The highest BCUT2D eigenvalue weighted by atomic mass is 32.2. The highest BCUT2D eigenvalue weighted by molar-refractivity contribution is 8.04. The van der Waals surface area contributed by atoms with Gasteiger partial charge in [0, 0.05) is 11.0 Å². The third-order valence-electron chi connectivity index (χ3n) is 5.43. The Hall–Kier alpha value is -3.13. The molecule has 1 N–H and O–H groups in total. The first-order valence-corrected chi connectivity index (χ1v) is 13.8. The van der Waals surface area contributed by atoms with Crippen LogP contribution in [-0.2, 0) is 0 Å². The molecule has 0 bridgehead atoms. The summed E-state index contributed by atoms with van der Waals surface area (Å²) >= 11 is 1.72. The maximum Gasteiger partial charge on any atom is 0.258 e. The second-order valence-corrected chi connectivity index (χ2v) is 12.0. The van der Waals surface area contributed by atoms with Crippen LogP contribution < -0.4 is 21.2 Å². The lowest BCUT2D eigenvalue weighted by atomic mass is 10.2. The number of carbonyl (C=O) groups excluding carboxylic acids is 1. The highest BCUT2D eigenvalue weighted by Crippen LogP contribution is 2.61. The van der Waals surface area contributed by atoms with Crippen LogP contribution in [-0.4, -0.2) is 11.7 Å². The number of thioether (sulfide) groups is 1. The molecule has 0 radical (unpaired) electrons. The van der Waals surface area contributed by atoms with Crippen LogP contribution in [0, 0.1) is 0 Å². The van der Waals surface area contributed by atoms with E-state index in [-0.39, 0.29) is 5.91 Å². The van der Waals surface area contributed by atoms with Gasteiger partial charge in [-0.05, 0) is 54.3 Å². The van der Waals surface area contributed by atoms with Gasteiger partial charge in [0.2, 0.25) is 0 Å². The fraction of sp³-hybridized carbons (Fsp3) is 0.0690. The Morgan fingerprint density at radius 3 is 1.48 bits per heavy atom. The second-order valence-electron chi connectivity index (χ2n) is 7.46. The minimum absolute atomic E-state index is 0.0919. The summed E-state index contributed by atoms with van der Waals surface area (Å²) in [6, 6.07) is 41.2. The quantitative estimate of drug-likeness (QED) is 0.323. The van der Waals surface area contributed by atoms with Crippen LogP contribution in [0.2, 0.25) is 0 Å². The van der Waals surface area contributed by atoms with Gasteiger partial charge in [0.15, 0.2) is 12.7 Å². The SMILES string of the molecule is CCS/C=C(/NC(=O)c1ccccc1)[P+](c1ccccc1)(c1ccccc1)c1ccccc1. The molecule has 0 saturated heterocycles. The Morgan fingerprint density at radius 1 is 0.697 bits per heavy atom. The minimum atomic E-state index is -2.36. The monoisotopic (exact) mass is 468 g/mol. The summed E-state index contributed by atoms with van der Waals surface area (Å²) in [6.45, 7) is 2.13. The van der Waals surface area contributed by atoms with Gasteiger partial charge in [0.05, 0.1) is 0 Å². The van der Waals surface area contributed by atoms with Gasteiger partial charge in [-0.25, -0.2) is 0 Å². The first-order valence-electron chi connectivity index (χ1n) is 11.0. The fourth-order valence-corrected chi connectivity index (χ4v) is 9.05.